The highest BCUT2D eigenvalue weighted by Gasteiger charge is 2.36. The molecule has 0 amide bonds. The van der Waals surface area contributed by atoms with Crippen molar-refractivity contribution < 1.29 is 5.11 Å². The average Bonchev–Trinajstić information content (AvgIpc) is 2.33. The summed E-state index contributed by atoms with van der Waals surface area (Å²) in [5.41, 5.74) is 0.0157. The maximum absolute atomic E-state index is 11.9. The molecule has 0 aromatic carbocycles. The van der Waals surface area contributed by atoms with Gasteiger partial charge in [-0.1, -0.05) is 5.92 Å². The number of anilines is 1. The molecular weight excluding hydrogens is 298 g/mol. The fraction of sp³-hybridized carbons (Fsp3) is 0.500. The first-order chi connectivity index (χ1) is 8.62. The molecule has 2 N–H and O–H groups in total. The van der Waals surface area contributed by atoms with Crippen LogP contribution in [-0.4, -0.2) is 27.0 Å². The Morgan fingerprint density at radius 3 is 2.89 bits per heavy atom. The molecule has 0 saturated heterocycles. The van der Waals surface area contributed by atoms with Gasteiger partial charge >= 0.3 is 0 Å². The highest BCUT2D eigenvalue weighted by atomic mass is 79.9. The molecule has 0 atom stereocenters. The van der Waals surface area contributed by atoms with Gasteiger partial charge in [-0.15, -0.1) is 6.42 Å². The van der Waals surface area contributed by atoms with Crippen molar-refractivity contribution >= 4 is 21.6 Å². The topological polar surface area (TPSA) is 67.2 Å². The van der Waals surface area contributed by atoms with E-state index >= 15 is 0 Å². The Morgan fingerprint density at radius 1 is 1.67 bits per heavy atom. The second kappa shape index (κ2) is 5.12. The molecule has 2 rings (SSSR count). The molecule has 0 spiro atoms. The monoisotopic (exact) mass is 311 g/mol. The highest BCUT2D eigenvalue weighted by molar-refractivity contribution is 9.10. The molecule has 1 fully saturated rings. The van der Waals surface area contributed by atoms with Crippen LogP contribution < -0.4 is 10.9 Å². The fourth-order valence-corrected chi connectivity index (χ4v) is 2.37. The summed E-state index contributed by atoms with van der Waals surface area (Å²) >= 11 is 3.25. The van der Waals surface area contributed by atoms with Crippen LogP contribution in [0.1, 0.15) is 19.3 Å². The van der Waals surface area contributed by atoms with E-state index in [-0.39, 0.29) is 24.2 Å². The molecule has 6 heteroatoms. The number of aromatic nitrogens is 2. The largest absolute Gasteiger partial charge is 0.394 e. The van der Waals surface area contributed by atoms with Crippen molar-refractivity contribution in [3.05, 3.63) is 21.0 Å². The lowest BCUT2D eigenvalue weighted by Gasteiger charge is -2.41. The summed E-state index contributed by atoms with van der Waals surface area (Å²) in [7, 11) is 0. The molecule has 1 aromatic rings. The quantitative estimate of drug-likeness (QED) is 0.813. The summed E-state index contributed by atoms with van der Waals surface area (Å²) < 4.78 is 1.61. The molecular formula is C12H14BrN3O2. The van der Waals surface area contributed by atoms with Gasteiger partial charge in [-0.3, -0.25) is 4.79 Å². The number of terminal acetylenes is 1. The normalized spacial score (nSPS) is 16.7. The molecule has 1 aliphatic rings. The van der Waals surface area contributed by atoms with Gasteiger partial charge in [-0.25, -0.2) is 4.68 Å². The predicted molar refractivity (Wildman–Crippen MR) is 72.3 cm³/mol. The Bertz CT molecular complexity index is 538. The van der Waals surface area contributed by atoms with Crippen molar-refractivity contribution in [2.24, 2.45) is 0 Å². The summed E-state index contributed by atoms with van der Waals surface area (Å²) in [5, 5.41) is 16.6. The second-order valence-electron chi connectivity index (χ2n) is 4.46. The molecule has 0 unspecified atom stereocenters. The molecule has 0 radical (unpaired) electrons. The van der Waals surface area contributed by atoms with Crippen LogP contribution in [0.2, 0.25) is 0 Å². The molecule has 1 aromatic heterocycles. The van der Waals surface area contributed by atoms with Crippen LogP contribution in [0.3, 0.4) is 0 Å². The minimum absolute atomic E-state index is 0.0485. The first-order valence-corrected chi connectivity index (χ1v) is 6.49. The van der Waals surface area contributed by atoms with E-state index in [9.17, 15) is 9.90 Å². The zero-order chi connectivity index (χ0) is 13.2. The predicted octanol–water partition coefficient (Wildman–Crippen LogP) is 0.966. The van der Waals surface area contributed by atoms with E-state index in [4.69, 9.17) is 6.42 Å². The summed E-state index contributed by atoms with van der Waals surface area (Å²) in [6, 6.07) is 0. The van der Waals surface area contributed by atoms with Crippen LogP contribution >= 0.6 is 15.9 Å². The third kappa shape index (κ3) is 2.28. The van der Waals surface area contributed by atoms with Crippen molar-refractivity contribution in [1.82, 2.24) is 9.78 Å². The van der Waals surface area contributed by atoms with Gasteiger partial charge in [0.1, 0.15) is 11.0 Å². The van der Waals surface area contributed by atoms with Gasteiger partial charge < -0.3 is 10.4 Å². The van der Waals surface area contributed by atoms with Gasteiger partial charge in [0.15, 0.2) is 0 Å². The van der Waals surface area contributed by atoms with Gasteiger partial charge in [-0.05, 0) is 35.2 Å². The average molecular weight is 312 g/mol. The van der Waals surface area contributed by atoms with Crippen LogP contribution in [0.15, 0.2) is 15.5 Å². The summed E-state index contributed by atoms with van der Waals surface area (Å²) in [5.74, 6) is 2.37. The van der Waals surface area contributed by atoms with Crippen LogP contribution in [0.5, 0.6) is 0 Å². The Hall–Kier alpha value is -1.32. The smallest absolute Gasteiger partial charge is 0.284 e. The van der Waals surface area contributed by atoms with E-state index < -0.39 is 0 Å². The second-order valence-corrected chi connectivity index (χ2v) is 5.25. The third-order valence-corrected chi connectivity index (χ3v) is 4.01. The molecule has 18 heavy (non-hydrogen) atoms. The first kappa shape index (κ1) is 13.1. The van der Waals surface area contributed by atoms with E-state index in [0.717, 1.165) is 19.3 Å². The standard InChI is InChI=1S/C12H14BrN3O2/c1-2-6-16-11(18)10(13)9(7-14-16)15-12(8-17)4-3-5-12/h1,7,15,17H,3-6,8H2. The number of nitrogens with one attached hydrogen (secondary N) is 1. The van der Waals surface area contributed by atoms with Crippen molar-refractivity contribution in [2.75, 3.05) is 11.9 Å². The van der Waals surface area contributed by atoms with Crippen LogP contribution in [0.25, 0.3) is 0 Å². The maximum Gasteiger partial charge on any atom is 0.284 e. The van der Waals surface area contributed by atoms with Crippen LogP contribution in [0.4, 0.5) is 5.69 Å². The fourth-order valence-electron chi connectivity index (χ4n) is 1.96. The zero-order valence-corrected chi connectivity index (χ0v) is 11.4. The van der Waals surface area contributed by atoms with Crippen molar-refractivity contribution in [3.8, 4) is 12.3 Å². The molecule has 5 nitrogen and oxygen atoms in total. The SMILES string of the molecule is C#CCn1ncc(NC2(CO)CCC2)c(Br)c1=O. The Balaban J connectivity index is 2.28. The third-order valence-electron chi connectivity index (χ3n) is 3.24. The van der Waals surface area contributed by atoms with Crippen molar-refractivity contribution in [1.29, 1.82) is 0 Å². The molecule has 0 bridgehead atoms. The maximum atomic E-state index is 11.9. The first-order valence-electron chi connectivity index (χ1n) is 5.70. The highest BCUT2D eigenvalue weighted by Crippen LogP contribution is 2.35. The zero-order valence-electron chi connectivity index (χ0n) is 9.82. The lowest BCUT2D eigenvalue weighted by Crippen LogP contribution is -2.48. The van der Waals surface area contributed by atoms with Gasteiger partial charge in [0, 0.05) is 0 Å². The Morgan fingerprint density at radius 2 is 2.39 bits per heavy atom. The van der Waals surface area contributed by atoms with E-state index in [1.54, 1.807) is 6.20 Å². The number of aliphatic hydroxyl groups is 1. The lowest BCUT2D eigenvalue weighted by molar-refractivity contribution is 0.144. The van der Waals surface area contributed by atoms with Gasteiger partial charge in [0.25, 0.3) is 5.56 Å². The number of hydrogen-bond acceptors (Lipinski definition) is 4. The van der Waals surface area contributed by atoms with E-state index in [1.807, 2.05) is 0 Å². The van der Waals surface area contributed by atoms with Crippen molar-refractivity contribution in [2.45, 2.75) is 31.3 Å². The van der Waals surface area contributed by atoms with Gasteiger partial charge in [0.2, 0.25) is 0 Å². The van der Waals surface area contributed by atoms with Crippen LogP contribution in [-0.2, 0) is 6.54 Å². The van der Waals surface area contributed by atoms with E-state index in [2.05, 4.69) is 32.3 Å². The Labute approximate surface area is 113 Å². The molecule has 1 aliphatic carbocycles. The summed E-state index contributed by atoms with van der Waals surface area (Å²) in [6.07, 6.45) is 9.57. The van der Waals surface area contributed by atoms with Gasteiger partial charge in [0.05, 0.1) is 24.0 Å². The van der Waals surface area contributed by atoms with Gasteiger partial charge in [-0.2, -0.15) is 5.10 Å². The number of rotatable bonds is 4. The minimum Gasteiger partial charge on any atom is -0.394 e. The molecule has 96 valence electrons. The Kier molecular flexibility index (Phi) is 3.73. The summed E-state index contributed by atoms with van der Waals surface area (Å²) in [6.45, 7) is 0.190. The van der Waals surface area contributed by atoms with E-state index in [0.29, 0.717) is 10.2 Å². The lowest BCUT2D eigenvalue weighted by atomic mass is 9.77. The number of hydrogen-bond donors (Lipinski definition) is 2. The number of halogens is 1. The van der Waals surface area contributed by atoms with E-state index in [1.165, 1.54) is 4.68 Å². The van der Waals surface area contributed by atoms with Crippen LogP contribution in [0, 0.1) is 12.3 Å². The number of aliphatic hydroxyl groups excluding tert-OH is 1. The summed E-state index contributed by atoms with van der Waals surface area (Å²) in [4.78, 5) is 11.9. The molecule has 1 saturated carbocycles. The minimum atomic E-state index is -0.311. The number of nitrogens with zero attached hydrogens (tertiary/aromatic N) is 2. The molecule has 1 heterocycles. The van der Waals surface area contributed by atoms with Crippen molar-refractivity contribution in [3.63, 3.8) is 0 Å². The molecule has 0 aliphatic heterocycles.